The van der Waals surface area contributed by atoms with Crippen molar-refractivity contribution in [2.75, 3.05) is 25.5 Å². The number of nitrogens with zero attached hydrogens (tertiary/aromatic N) is 2. The number of amides is 1. The Balaban J connectivity index is 1.75. The molecule has 6 heteroatoms. The second-order valence-corrected chi connectivity index (χ2v) is 6.31. The van der Waals surface area contributed by atoms with Crippen LogP contribution < -0.4 is 15.4 Å². The van der Waals surface area contributed by atoms with Gasteiger partial charge in [-0.2, -0.15) is 0 Å². The highest BCUT2D eigenvalue weighted by Crippen LogP contribution is 2.27. The molecule has 1 aliphatic heterocycles. The normalized spacial score (nSPS) is 17.0. The Hall–Kier alpha value is -2.34. The van der Waals surface area contributed by atoms with E-state index in [0.29, 0.717) is 23.0 Å². The van der Waals surface area contributed by atoms with E-state index in [1.807, 2.05) is 32.2 Å². The fourth-order valence-electron chi connectivity index (χ4n) is 3.11. The summed E-state index contributed by atoms with van der Waals surface area (Å²) in [5.41, 5.74) is 3.33. The lowest BCUT2D eigenvalue weighted by molar-refractivity contribution is 0.102. The molecule has 2 aromatic rings. The highest BCUT2D eigenvalue weighted by molar-refractivity contribution is 6.05. The zero-order chi connectivity index (χ0) is 17.1. The van der Waals surface area contributed by atoms with Crippen molar-refractivity contribution in [2.45, 2.75) is 19.8 Å². The number of rotatable bonds is 5. The summed E-state index contributed by atoms with van der Waals surface area (Å²) < 4.78 is 6.93. The maximum absolute atomic E-state index is 12.6. The van der Waals surface area contributed by atoms with Crippen molar-refractivity contribution < 1.29 is 9.53 Å². The van der Waals surface area contributed by atoms with Crippen LogP contribution in [0.1, 0.15) is 28.0 Å². The van der Waals surface area contributed by atoms with Gasteiger partial charge in [-0.15, -0.1) is 5.10 Å². The fraction of sp³-hybridized carbons (Fsp3) is 0.444. The van der Waals surface area contributed by atoms with Gasteiger partial charge < -0.3 is 15.4 Å². The first-order valence-corrected chi connectivity index (χ1v) is 8.27. The van der Waals surface area contributed by atoms with Gasteiger partial charge in [-0.05, 0) is 56.5 Å². The molecule has 24 heavy (non-hydrogen) atoms. The highest BCUT2D eigenvalue weighted by atomic mass is 16.5. The van der Waals surface area contributed by atoms with Crippen molar-refractivity contribution in [1.82, 2.24) is 15.1 Å². The summed E-state index contributed by atoms with van der Waals surface area (Å²) in [7, 11) is 3.37. The topological polar surface area (TPSA) is 68.2 Å². The lowest BCUT2D eigenvalue weighted by Crippen LogP contribution is -2.14. The van der Waals surface area contributed by atoms with Crippen molar-refractivity contribution in [3.8, 4) is 5.88 Å². The van der Waals surface area contributed by atoms with E-state index in [1.165, 1.54) is 12.0 Å². The summed E-state index contributed by atoms with van der Waals surface area (Å²) in [6.07, 6.45) is 2.20. The molecule has 3 rings (SSSR count). The molecule has 1 fully saturated rings. The van der Waals surface area contributed by atoms with Crippen LogP contribution in [-0.4, -0.2) is 35.9 Å². The fourth-order valence-corrected chi connectivity index (χ4v) is 3.11. The minimum absolute atomic E-state index is 0.143. The number of carbonyl (C=O) groups is 1. The Morgan fingerprint density at radius 3 is 3.04 bits per heavy atom. The van der Waals surface area contributed by atoms with E-state index in [9.17, 15) is 4.79 Å². The number of methoxy groups -OCH3 is 1. The number of hydrogen-bond acceptors (Lipinski definition) is 4. The lowest BCUT2D eigenvalue weighted by Gasteiger charge is -2.10. The molecule has 1 saturated heterocycles. The first-order chi connectivity index (χ1) is 11.6. The van der Waals surface area contributed by atoms with Gasteiger partial charge in [0.15, 0.2) is 0 Å². The number of hydrogen-bond donors (Lipinski definition) is 2. The summed E-state index contributed by atoms with van der Waals surface area (Å²) in [4.78, 5) is 12.6. The smallest absolute Gasteiger partial charge is 0.256 e. The number of carbonyl (C=O) groups excluding carboxylic acids is 1. The van der Waals surface area contributed by atoms with Gasteiger partial charge in [-0.1, -0.05) is 12.1 Å². The molecule has 0 saturated carbocycles. The summed E-state index contributed by atoms with van der Waals surface area (Å²) in [5, 5.41) is 10.5. The van der Waals surface area contributed by atoms with Crippen LogP contribution >= 0.6 is 0 Å². The van der Waals surface area contributed by atoms with Gasteiger partial charge >= 0.3 is 0 Å². The van der Waals surface area contributed by atoms with Gasteiger partial charge in [0.05, 0.1) is 12.8 Å². The minimum atomic E-state index is -0.143. The highest BCUT2D eigenvalue weighted by Gasteiger charge is 2.18. The van der Waals surface area contributed by atoms with Crippen molar-refractivity contribution in [1.29, 1.82) is 0 Å². The number of benzene rings is 1. The number of aryl methyl sites for hydroxylation is 1. The molecule has 2 N–H and O–H groups in total. The summed E-state index contributed by atoms with van der Waals surface area (Å²) in [5.74, 6) is 0.941. The molecule has 1 aliphatic rings. The second-order valence-electron chi connectivity index (χ2n) is 6.31. The Labute approximate surface area is 142 Å². The molecule has 6 nitrogen and oxygen atoms in total. The standard InChI is InChI=1S/C18H24N4O2/c1-12-16(18(24-3)21-22(12)2)20-17(23)15-6-4-5-13(10-15)9-14-7-8-19-11-14/h4-6,10,14,19H,7-9,11H2,1-3H3,(H,20,23). The predicted octanol–water partition coefficient (Wildman–Crippen LogP) is 2.14. The molecule has 2 heterocycles. The average molecular weight is 328 g/mol. The Kier molecular flexibility index (Phi) is 4.85. The molecule has 0 bridgehead atoms. The largest absolute Gasteiger partial charge is 0.478 e. The third-order valence-corrected chi connectivity index (χ3v) is 4.61. The third kappa shape index (κ3) is 3.43. The number of ether oxygens (including phenoxy) is 1. The van der Waals surface area contributed by atoms with Crippen LogP contribution in [0.15, 0.2) is 24.3 Å². The van der Waals surface area contributed by atoms with Crippen LogP contribution in [0, 0.1) is 12.8 Å². The molecule has 1 amide bonds. The van der Waals surface area contributed by atoms with E-state index < -0.39 is 0 Å². The van der Waals surface area contributed by atoms with Gasteiger partial charge in [0.1, 0.15) is 5.69 Å². The van der Waals surface area contributed by atoms with Gasteiger partial charge in [-0.3, -0.25) is 9.48 Å². The molecule has 0 spiro atoms. The summed E-state index contributed by atoms with van der Waals surface area (Å²) in [6.45, 7) is 4.04. The number of anilines is 1. The molecule has 128 valence electrons. The zero-order valence-electron chi connectivity index (χ0n) is 14.4. The molecule has 1 aromatic heterocycles. The number of nitrogens with one attached hydrogen (secondary N) is 2. The van der Waals surface area contributed by atoms with Crippen LogP contribution in [-0.2, 0) is 13.5 Å². The Bertz CT molecular complexity index is 733. The van der Waals surface area contributed by atoms with Gasteiger partial charge in [0, 0.05) is 12.6 Å². The first kappa shape index (κ1) is 16.5. The summed E-state index contributed by atoms with van der Waals surface area (Å²) >= 11 is 0. The van der Waals surface area contributed by atoms with Gasteiger partial charge in [-0.25, -0.2) is 0 Å². The molecule has 1 unspecified atom stereocenters. The maximum atomic E-state index is 12.6. The van der Waals surface area contributed by atoms with Crippen LogP contribution in [0.25, 0.3) is 0 Å². The van der Waals surface area contributed by atoms with E-state index in [4.69, 9.17) is 4.74 Å². The molecule has 1 aromatic carbocycles. The number of aromatic nitrogens is 2. The molecular formula is C18H24N4O2. The maximum Gasteiger partial charge on any atom is 0.256 e. The average Bonchev–Trinajstić information content (AvgIpc) is 3.18. The van der Waals surface area contributed by atoms with E-state index in [-0.39, 0.29) is 5.91 Å². The molecule has 1 atom stereocenters. The van der Waals surface area contributed by atoms with Crippen LogP contribution in [0.4, 0.5) is 5.69 Å². The van der Waals surface area contributed by atoms with Gasteiger partial charge in [0.25, 0.3) is 11.8 Å². The zero-order valence-corrected chi connectivity index (χ0v) is 14.4. The van der Waals surface area contributed by atoms with Crippen molar-refractivity contribution in [2.24, 2.45) is 13.0 Å². The Morgan fingerprint density at radius 2 is 2.33 bits per heavy atom. The lowest BCUT2D eigenvalue weighted by atomic mass is 9.97. The van der Waals surface area contributed by atoms with E-state index >= 15 is 0 Å². The predicted molar refractivity (Wildman–Crippen MR) is 93.6 cm³/mol. The van der Waals surface area contributed by atoms with Crippen LogP contribution in [0.5, 0.6) is 5.88 Å². The van der Waals surface area contributed by atoms with E-state index in [2.05, 4.69) is 21.8 Å². The van der Waals surface area contributed by atoms with E-state index in [0.717, 1.165) is 25.2 Å². The molecule has 0 aliphatic carbocycles. The monoisotopic (exact) mass is 328 g/mol. The van der Waals surface area contributed by atoms with Crippen molar-refractivity contribution >= 4 is 11.6 Å². The van der Waals surface area contributed by atoms with E-state index in [1.54, 1.807) is 11.8 Å². The molecule has 0 radical (unpaired) electrons. The quantitative estimate of drug-likeness (QED) is 0.882. The second kappa shape index (κ2) is 7.05. The minimum Gasteiger partial charge on any atom is -0.478 e. The molecular weight excluding hydrogens is 304 g/mol. The van der Waals surface area contributed by atoms with Crippen molar-refractivity contribution in [3.05, 3.63) is 41.1 Å². The van der Waals surface area contributed by atoms with Crippen LogP contribution in [0.2, 0.25) is 0 Å². The van der Waals surface area contributed by atoms with Crippen molar-refractivity contribution in [3.63, 3.8) is 0 Å². The van der Waals surface area contributed by atoms with Gasteiger partial charge in [0.2, 0.25) is 0 Å². The SMILES string of the molecule is COc1nn(C)c(C)c1NC(=O)c1cccc(CC2CCNC2)c1. The Morgan fingerprint density at radius 1 is 1.50 bits per heavy atom. The van der Waals surface area contributed by atoms with Crippen LogP contribution in [0.3, 0.4) is 0 Å². The third-order valence-electron chi connectivity index (χ3n) is 4.61. The first-order valence-electron chi connectivity index (χ1n) is 8.27. The summed E-state index contributed by atoms with van der Waals surface area (Å²) in [6, 6.07) is 7.85.